The molecule has 1 aromatic heterocycles. The first-order chi connectivity index (χ1) is 16.7. The van der Waals surface area contributed by atoms with Gasteiger partial charge in [-0.1, -0.05) is 6.07 Å². The fourth-order valence-corrected chi connectivity index (χ4v) is 3.39. The van der Waals surface area contributed by atoms with Crippen LogP contribution >= 0.6 is 0 Å². The number of carbonyl (C=O) groups is 2. The van der Waals surface area contributed by atoms with Gasteiger partial charge in [0.05, 0.1) is 32.7 Å². The molecule has 0 fully saturated rings. The quantitative estimate of drug-likeness (QED) is 0.454. The van der Waals surface area contributed by atoms with Gasteiger partial charge in [-0.15, -0.1) is 0 Å². The average Bonchev–Trinajstić information content (AvgIpc) is 3.30. The first-order valence-electron chi connectivity index (χ1n) is 10.6. The predicted octanol–water partition coefficient (Wildman–Crippen LogP) is 4.06. The minimum Gasteiger partial charge on any atom is -0.493 e. The lowest BCUT2D eigenvalue weighted by atomic mass is 10.1. The fraction of sp³-hybridized carbons (Fsp3) is 0.292. The molecule has 3 aromatic rings. The number of methoxy groups -OCH3 is 2. The third-order valence-corrected chi connectivity index (χ3v) is 5.05. The molecule has 0 saturated carbocycles. The van der Waals surface area contributed by atoms with E-state index in [0.29, 0.717) is 29.1 Å². The summed E-state index contributed by atoms with van der Waals surface area (Å²) >= 11 is 0. The standard InChI is InChI=1S/C24H24F3N3O5/c1-4-35-23(32)18-14-29-30(21(18)24(25,26)27)17-8-6-16(7-9-17)22(31)28-12-11-15-5-10-19(33-2)20(13-15)34-3/h5-10,13-14H,4,11-12H2,1-3H3,(H,28,31). The highest BCUT2D eigenvalue weighted by Gasteiger charge is 2.41. The van der Waals surface area contributed by atoms with Gasteiger partial charge in [0.25, 0.3) is 5.91 Å². The molecule has 1 N–H and O–H groups in total. The van der Waals surface area contributed by atoms with Crippen LogP contribution in [0.1, 0.15) is 38.9 Å². The van der Waals surface area contributed by atoms with E-state index >= 15 is 0 Å². The molecule has 0 unspecified atom stereocenters. The first kappa shape index (κ1) is 25.6. The zero-order valence-electron chi connectivity index (χ0n) is 19.3. The minimum absolute atomic E-state index is 0.0368. The van der Waals surface area contributed by atoms with Crippen LogP contribution in [0.4, 0.5) is 13.2 Å². The topological polar surface area (TPSA) is 91.7 Å². The lowest BCUT2D eigenvalue weighted by Crippen LogP contribution is -2.25. The van der Waals surface area contributed by atoms with Crippen molar-refractivity contribution in [3.8, 4) is 17.2 Å². The summed E-state index contributed by atoms with van der Waals surface area (Å²) < 4.78 is 56.7. The van der Waals surface area contributed by atoms with Gasteiger partial charge < -0.3 is 19.5 Å². The van der Waals surface area contributed by atoms with Gasteiger partial charge in [-0.3, -0.25) is 4.79 Å². The summed E-state index contributed by atoms with van der Waals surface area (Å²) in [6, 6.07) is 10.8. The Morgan fingerprint density at radius 2 is 1.71 bits per heavy atom. The van der Waals surface area contributed by atoms with Crippen LogP contribution in [0.15, 0.2) is 48.7 Å². The third-order valence-electron chi connectivity index (χ3n) is 5.05. The predicted molar refractivity (Wildman–Crippen MR) is 120 cm³/mol. The van der Waals surface area contributed by atoms with Gasteiger partial charge >= 0.3 is 12.1 Å². The van der Waals surface area contributed by atoms with E-state index in [1.54, 1.807) is 13.2 Å². The number of esters is 1. The molecule has 35 heavy (non-hydrogen) atoms. The number of nitrogens with one attached hydrogen (secondary N) is 1. The molecular weight excluding hydrogens is 467 g/mol. The smallest absolute Gasteiger partial charge is 0.434 e. The zero-order chi connectivity index (χ0) is 25.6. The molecule has 0 aliphatic rings. The van der Waals surface area contributed by atoms with Crippen LogP contribution in [-0.4, -0.2) is 49.0 Å². The fourth-order valence-electron chi connectivity index (χ4n) is 3.39. The Bertz CT molecular complexity index is 1190. The van der Waals surface area contributed by atoms with Gasteiger partial charge in [0, 0.05) is 12.1 Å². The molecule has 8 nitrogen and oxygen atoms in total. The number of rotatable bonds is 9. The molecule has 0 saturated heterocycles. The summed E-state index contributed by atoms with van der Waals surface area (Å²) in [7, 11) is 3.07. The number of hydrogen-bond donors (Lipinski definition) is 1. The monoisotopic (exact) mass is 491 g/mol. The maximum absolute atomic E-state index is 13.7. The highest BCUT2D eigenvalue weighted by Crippen LogP contribution is 2.34. The van der Waals surface area contributed by atoms with Crippen LogP contribution in [0.5, 0.6) is 11.5 Å². The molecule has 0 atom stereocenters. The van der Waals surface area contributed by atoms with E-state index in [2.05, 4.69) is 10.4 Å². The zero-order valence-corrected chi connectivity index (χ0v) is 19.3. The van der Waals surface area contributed by atoms with Crippen LogP contribution in [-0.2, 0) is 17.3 Å². The summed E-state index contributed by atoms with van der Waals surface area (Å²) in [5.74, 6) is -0.326. The first-order valence-corrected chi connectivity index (χ1v) is 10.6. The van der Waals surface area contributed by atoms with E-state index in [9.17, 15) is 22.8 Å². The number of carbonyl (C=O) groups excluding carboxylic acids is 2. The third kappa shape index (κ3) is 5.92. The van der Waals surface area contributed by atoms with E-state index < -0.39 is 23.4 Å². The second-order valence-electron chi connectivity index (χ2n) is 7.28. The van der Waals surface area contributed by atoms with Crippen molar-refractivity contribution in [3.05, 3.63) is 71.0 Å². The van der Waals surface area contributed by atoms with Crippen molar-refractivity contribution in [1.82, 2.24) is 15.1 Å². The molecule has 186 valence electrons. The summed E-state index contributed by atoms with van der Waals surface area (Å²) in [4.78, 5) is 24.4. The molecule has 0 aliphatic heterocycles. The van der Waals surface area contributed by atoms with Crippen LogP contribution in [0.2, 0.25) is 0 Å². The molecule has 1 heterocycles. The van der Waals surface area contributed by atoms with E-state index in [1.807, 2.05) is 12.1 Å². The number of benzene rings is 2. The molecule has 0 spiro atoms. The Morgan fingerprint density at radius 3 is 2.31 bits per heavy atom. The summed E-state index contributed by atoms with van der Waals surface area (Å²) in [5, 5.41) is 6.48. The summed E-state index contributed by atoms with van der Waals surface area (Å²) in [5.41, 5.74) is -0.712. The number of aromatic nitrogens is 2. The van der Waals surface area contributed by atoms with Crippen molar-refractivity contribution in [3.63, 3.8) is 0 Å². The lowest BCUT2D eigenvalue weighted by Gasteiger charge is -2.13. The molecule has 3 rings (SSSR count). The highest BCUT2D eigenvalue weighted by molar-refractivity contribution is 5.94. The van der Waals surface area contributed by atoms with E-state index in [1.165, 1.54) is 38.3 Å². The highest BCUT2D eigenvalue weighted by atomic mass is 19.4. The second kappa shape index (κ2) is 10.9. The van der Waals surface area contributed by atoms with Crippen LogP contribution in [0.25, 0.3) is 5.69 Å². The van der Waals surface area contributed by atoms with Crippen molar-refractivity contribution in [1.29, 1.82) is 0 Å². The Hall–Kier alpha value is -4.02. The maximum Gasteiger partial charge on any atom is 0.434 e. The molecule has 2 aromatic carbocycles. The molecular formula is C24H24F3N3O5. The van der Waals surface area contributed by atoms with Crippen LogP contribution < -0.4 is 14.8 Å². The normalized spacial score (nSPS) is 11.1. The average molecular weight is 491 g/mol. The Kier molecular flexibility index (Phi) is 8.00. The largest absolute Gasteiger partial charge is 0.493 e. The Morgan fingerprint density at radius 1 is 1.03 bits per heavy atom. The molecule has 11 heteroatoms. The molecule has 0 aliphatic carbocycles. The molecule has 0 radical (unpaired) electrons. The van der Waals surface area contributed by atoms with E-state index in [4.69, 9.17) is 14.2 Å². The number of amides is 1. The maximum atomic E-state index is 13.7. The number of hydrogen-bond acceptors (Lipinski definition) is 6. The van der Waals surface area contributed by atoms with Gasteiger partial charge in [0.1, 0.15) is 5.56 Å². The van der Waals surface area contributed by atoms with Gasteiger partial charge in [0.2, 0.25) is 0 Å². The van der Waals surface area contributed by atoms with E-state index in [-0.39, 0.29) is 23.8 Å². The number of nitrogens with zero attached hydrogens (tertiary/aromatic N) is 2. The number of ether oxygens (including phenoxy) is 3. The van der Waals surface area contributed by atoms with Crippen molar-refractivity contribution in [2.75, 3.05) is 27.4 Å². The minimum atomic E-state index is -4.85. The number of halogens is 3. The van der Waals surface area contributed by atoms with Gasteiger partial charge in [-0.2, -0.15) is 18.3 Å². The Labute approximate surface area is 199 Å². The van der Waals surface area contributed by atoms with Gasteiger partial charge in [-0.25, -0.2) is 9.48 Å². The van der Waals surface area contributed by atoms with Gasteiger partial charge in [0.15, 0.2) is 17.2 Å². The van der Waals surface area contributed by atoms with Crippen LogP contribution in [0.3, 0.4) is 0 Å². The second-order valence-corrected chi connectivity index (χ2v) is 7.28. The van der Waals surface area contributed by atoms with E-state index in [0.717, 1.165) is 11.8 Å². The van der Waals surface area contributed by atoms with Crippen molar-refractivity contribution >= 4 is 11.9 Å². The molecule has 0 bridgehead atoms. The van der Waals surface area contributed by atoms with Crippen molar-refractivity contribution < 1.29 is 37.0 Å². The lowest BCUT2D eigenvalue weighted by molar-refractivity contribution is -0.143. The Balaban J connectivity index is 1.70. The summed E-state index contributed by atoms with van der Waals surface area (Å²) in [6.07, 6.45) is -3.50. The SMILES string of the molecule is CCOC(=O)c1cnn(-c2ccc(C(=O)NCCc3ccc(OC)c(OC)c3)cc2)c1C(F)(F)F. The number of alkyl halides is 3. The van der Waals surface area contributed by atoms with Crippen molar-refractivity contribution in [2.45, 2.75) is 19.5 Å². The molecule has 1 amide bonds. The van der Waals surface area contributed by atoms with Crippen LogP contribution in [0, 0.1) is 0 Å². The van der Waals surface area contributed by atoms with Crippen molar-refractivity contribution in [2.24, 2.45) is 0 Å². The summed E-state index contributed by atoms with van der Waals surface area (Å²) in [6.45, 7) is 1.75. The van der Waals surface area contributed by atoms with Gasteiger partial charge in [-0.05, 0) is 55.3 Å².